The Kier molecular flexibility index (Phi) is 10.1. The summed E-state index contributed by atoms with van der Waals surface area (Å²) in [5, 5.41) is 0.543. The molecule has 1 rings (SSSR count). The van der Waals surface area contributed by atoms with Crippen molar-refractivity contribution < 1.29 is 13.0 Å². The summed E-state index contributed by atoms with van der Waals surface area (Å²) in [6, 6.07) is 1.87. The summed E-state index contributed by atoms with van der Waals surface area (Å²) in [5.74, 6) is 0. The third-order valence-corrected chi connectivity index (χ3v) is 28.7. The summed E-state index contributed by atoms with van der Waals surface area (Å²) in [5.41, 5.74) is 8.89. The lowest BCUT2D eigenvalue weighted by Gasteiger charge is -2.55. The Morgan fingerprint density at radius 1 is 1.25 bits per heavy atom. The molecular weight excluding hydrogens is 415 g/mol. The predicted octanol–water partition coefficient (Wildman–Crippen LogP) is 4.95. The monoisotopic (exact) mass is 461 g/mol. The van der Waals surface area contributed by atoms with Crippen molar-refractivity contribution in [3.8, 4) is 0 Å². The van der Waals surface area contributed by atoms with Gasteiger partial charge in [0.15, 0.2) is 26.4 Å². The summed E-state index contributed by atoms with van der Waals surface area (Å²) in [4.78, 5) is 10.9. The van der Waals surface area contributed by atoms with Gasteiger partial charge in [-0.2, -0.15) is 0 Å². The molecule has 0 aromatic rings. The van der Waals surface area contributed by atoms with Crippen LogP contribution in [0.4, 0.5) is 0 Å². The Balaban J connectivity index is 3.34. The maximum Gasteiger partial charge on any atom is 0.321 e. The van der Waals surface area contributed by atoms with Gasteiger partial charge < -0.3 is 18.8 Å². The van der Waals surface area contributed by atoms with Crippen LogP contribution < -0.4 is 5.73 Å². The van der Waals surface area contributed by atoms with E-state index in [-0.39, 0.29) is 0 Å². The van der Waals surface area contributed by atoms with Gasteiger partial charge in [0.25, 0.3) is 0 Å². The van der Waals surface area contributed by atoms with Crippen LogP contribution in [-0.4, -0.2) is 46.3 Å². The SMILES string of the molecule is C=C(C)C[Si]1(CCCN)O[SiH](C(C)C(C)[SiH](O)C(C)C)C(C)[Si](C)(C(C)C)O1. The molecule has 166 valence electrons. The lowest BCUT2D eigenvalue weighted by Crippen LogP contribution is -2.66. The van der Waals surface area contributed by atoms with Crippen molar-refractivity contribution in [2.45, 2.75) is 108 Å². The van der Waals surface area contributed by atoms with Crippen molar-refractivity contribution in [2.24, 2.45) is 5.73 Å². The minimum Gasteiger partial charge on any atom is -0.438 e. The van der Waals surface area contributed by atoms with Crippen LogP contribution in [0.15, 0.2) is 12.2 Å². The summed E-state index contributed by atoms with van der Waals surface area (Å²) in [7, 11) is -7.68. The molecule has 0 radical (unpaired) electrons. The van der Waals surface area contributed by atoms with Gasteiger partial charge in [-0.15, -0.1) is 6.58 Å². The first-order valence-corrected chi connectivity index (χ1v) is 19.7. The minimum absolute atomic E-state index is 0.383. The predicted molar refractivity (Wildman–Crippen MR) is 133 cm³/mol. The van der Waals surface area contributed by atoms with Gasteiger partial charge in [0.05, 0.1) is 0 Å². The molecule has 0 aromatic carbocycles. The van der Waals surface area contributed by atoms with Crippen LogP contribution in [0.5, 0.6) is 0 Å². The average molecular weight is 462 g/mol. The number of allylic oxidation sites excluding steroid dienone is 1. The molecule has 8 heteroatoms. The largest absolute Gasteiger partial charge is 0.438 e. The van der Waals surface area contributed by atoms with Gasteiger partial charge in [-0.1, -0.05) is 54.0 Å². The molecule has 0 aromatic heterocycles. The Morgan fingerprint density at radius 3 is 2.25 bits per heavy atom. The molecule has 4 nitrogen and oxygen atoms in total. The van der Waals surface area contributed by atoms with Gasteiger partial charge in [0.1, 0.15) is 0 Å². The topological polar surface area (TPSA) is 64.7 Å². The zero-order valence-electron chi connectivity index (χ0n) is 19.9. The third kappa shape index (κ3) is 6.00. The molecule has 1 fully saturated rings. The average Bonchev–Trinajstić information content (AvgIpc) is 2.60. The second kappa shape index (κ2) is 10.7. The second-order valence-electron chi connectivity index (χ2n) is 10.2. The van der Waals surface area contributed by atoms with E-state index in [0.717, 1.165) is 18.5 Å². The van der Waals surface area contributed by atoms with Gasteiger partial charge in [0.2, 0.25) is 0 Å². The molecule has 0 bridgehead atoms. The molecule has 28 heavy (non-hydrogen) atoms. The fourth-order valence-corrected chi connectivity index (χ4v) is 28.9. The van der Waals surface area contributed by atoms with Crippen LogP contribution in [0, 0.1) is 0 Å². The van der Waals surface area contributed by atoms with Crippen molar-refractivity contribution in [3.05, 3.63) is 12.2 Å². The highest BCUT2D eigenvalue weighted by molar-refractivity contribution is 6.98. The van der Waals surface area contributed by atoms with Crippen LogP contribution in [-0.2, 0) is 8.23 Å². The van der Waals surface area contributed by atoms with E-state index < -0.39 is 35.0 Å². The van der Waals surface area contributed by atoms with Crippen molar-refractivity contribution in [3.63, 3.8) is 0 Å². The third-order valence-electron chi connectivity index (χ3n) is 7.20. The van der Waals surface area contributed by atoms with E-state index in [1.807, 2.05) is 0 Å². The Labute approximate surface area is 180 Å². The number of nitrogens with two attached hydrogens (primary N) is 1. The van der Waals surface area contributed by atoms with Gasteiger partial charge in [-0.3, -0.25) is 0 Å². The number of hydrogen-bond acceptors (Lipinski definition) is 4. The number of hydrogen-bond donors (Lipinski definition) is 2. The molecule has 7 atom stereocenters. The van der Waals surface area contributed by atoms with E-state index in [0.29, 0.717) is 33.9 Å². The maximum absolute atomic E-state index is 10.9. The first kappa shape index (κ1) is 26.5. The van der Waals surface area contributed by atoms with Crippen LogP contribution in [0.1, 0.15) is 61.8 Å². The molecule has 0 saturated carbocycles. The van der Waals surface area contributed by atoms with Crippen molar-refractivity contribution >= 4 is 35.0 Å². The Hall–Kier alpha value is 0.448. The molecule has 7 unspecified atom stereocenters. The van der Waals surface area contributed by atoms with E-state index in [1.165, 1.54) is 5.57 Å². The normalized spacial score (nSPS) is 34.5. The van der Waals surface area contributed by atoms with E-state index in [4.69, 9.17) is 14.0 Å². The highest BCUT2D eigenvalue weighted by Crippen LogP contribution is 2.50. The summed E-state index contributed by atoms with van der Waals surface area (Å²) in [6.45, 7) is 25.5. The highest BCUT2D eigenvalue weighted by atomic mass is 28.5. The fraction of sp³-hybridized carbons (Fsp3) is 0.900. The lowest BCUT2D eigenvalue weighted by molar-refractivity contribution is 0.333. The molecule has 0 spiro atoms. The molecule has 1 saturated heterocycles. The molecule has 3 N–H and O–H groups in total. The summed E-state index contributed by atoms with van der Waals surface area (Å²) < 4.78 is 14.3. The van der Waals surface area contributed by atoms with Gasteiger partial charge in [-0.05, 0) is 59.8 Å². The first-order chi connectivity index (χ1) is 12.8. The first-order valence-electron chi connectivity index (χ1n) is 11.2. The minimum atomic E-state index is -2.36. The van der Waals surface area contributed by atoms with Crippen LogP contribution in [0.2, 0.25) is 46.0 Å². The molecule has 0 amide bonds. The van der Waals surface area contributed by atoms with Crippen LogP contribution in [0.25, 0.3) is 0 Å². The van der Waals surface area contributed by atoms with Crippen LogP contribution in [0.3, 0.4) is 0 Å². The summed E-state index contributed by atoms with van der Waals surface area (Å²) >= 11 is 0. The molecule has 1 aliphatic rings. The molecular formula is C20H47NO3Si4. The van der Waals surface area contributed by atoms with Crippen LogP contribution >= 0.6 is 0 Å². The van der Waals surface area contributed by atoms with Gasteiger partial charge in [0, 0.05) is 6.04 Å². The van der Waals surface area contributed by atoms with Crippen molar-refractivity contribution in [1.82, 2.24) is 0 Å². The lowest BCUT2D eigenvalue weighted by atomic mass is 10.3. The summed E-state index contributed by atoms with van der Waals surface area (Å²) in [6.07, 6.45) is 0.963. The quantitative estimate of drug-likeness (QED) is 0.357. The molecule has 1 aliphatic heterocycles. The highest BCUT2D eigenvalue weighted by Gasteiger charge is 2.58. The zero-order chi connectivity index (χ0) is 21.9. The van der Waals surface area contributed by atoms with E-state index in [2.05, 4.69) is 68.5 Å². The fourth-order valence-electron chi connectivity index (χ4n) is 4.72. The van der Waals surface area contributed by atoms with Gasteiger partial charge >= 0.3 is 8.56 Å². The van der Waals surface area contributed by atoms with Crippen molar-refractivity contribution in [2.75, 3.05) is 6.54 Å². The second-order valence-corrected chi connectivity index (χ2v) is 26.1. The maximum atomic E-state index is 10.9. The smallest absolute Gasteiger partial charge is 0.321 e. The number of rotatable bonds is 10. The Morgan fingerprint density at radius 2 is 1.82 bits per heavy atom. The van der Waals surface area contributed by atoms with E-state index >= 15 is 0 Å². The standard InChI is InChI=1S/C20H47NO3Si4/c1-15(2)14-28(13-11-12-21)23-26(19(8)18(7)25(22)16(3)4)20(9)27(10,24-28)17(5)6/h16-20,22,25-26H,1,11-14,21H2,2-10H3. The van der Waals surface area contributed by atoms with E-state index in [1.54, 1.807) is 0 Å². The van der Waals surface area contributed by atoms with Crippen molar-refractivity contribution in [1.29, 1.82) is 0 Å². The van der Waals surface area contributed by atoms with E-state index in [9.17, 15) is 4.80 Å². The molecule has 1 heterocycles. The molecule has 0 aliphatic carbocycles. The zero-order valence-corrected chi connectivity index (χ0v) is 24.2. The van der Waals surface area contributed by atoms with Gasteiger partial charge in [-0.25, -0.2) is 0 Å². The Bertz CT molecular complexity index is 522.